The molecular formula is C8H18N2. The second kappa shape index (κ2) is 2.89. The summed E-state index contributed by atoms with van der Waals surface area (Å²) in [6.07, 6.45) is 2.75. The van der Waals surface area contributed by atoms with Gasteiger partial charge in [0, 0.05) is 18.1 Å². The van der Waals surface area contributed by atoms with Crippen molar-refractivity contribution in [3.8, 4) is 0 Å². The highest BCUT2D eigenvalue weighted by Gasteiger charge is 2.23. The van der Waals surface area contributed by atoms with Crippen LogP contribution in [0, 0.1) is 0 Å². The lowest BCUT2D eigenvalue weighted by atomic mass is 10.1. The molecule has 2 nitrogen and oxygen atoms in total. The highest BCUT2D eigenvalue weighted by Crippen LogP contribution is 2.19. The highest BCUT2D eigenvalue weighted by atomic mass is 15.0. The van der Waals surface area contributed by atoms with Gasteiger partial charge in [-0.05, 0) is 33.7 Å². The zero-order valence-electron chi connectivity index (χ0n) is 7.20. The summed E-state index contributed by atoms with van der Waals surface area (Å²) in [5.41, 5.74) is 0.253. The molecule has 1 aliphatic rings. The Balaban J connectivity index is 2.09. The third kappa shape index (κ3) is 2.67. The van der Waals surface area contributed by atoms with E-state index < -0.39 is 0 Å². The van der Waals surface area contributed by atoms with Crippen molar-refractivity contribution in [3.05, 3.63) is 0 Å². The maximum atomic E-state index is 3.49. The zero-order valence-corrected chi connectivity index (χ0v) is 7.20. The van der Waals surface area contributed by atoms with Gasteiger partial charge < -0.3 is 10.6 Å². The molecule has 1 rings (SSSR count). The van der Waals surface area contributed by atoms with Crippen LogP contribution in [0.4, 0.5) is 0 Å². The molecule has 2 heteroatoms. The molecule has 0 aliphatic heterocycles. The van der Waals surface area contributed by atoms with E-state index in [2.05, 4.69) is 24.5 Å². The molecule has 0 amide bonds. The topological polar surface area (TPSA) is 24.1 Å². The fourth-order valence-electron chi connectivity index (χ4n) is 0.775. The second-order valence-electron chi connectivity index (χ2n) is 3.79. The van der Waals surface area contributed by atoms with Crippen LogP contribution in [0.3, 0.4) is 0 Å². The van der Waals surface area contributed by atoms with Crippen LogP contribution in [0.1, 0.15) is 26.7 Å². The van der Waals surface area contributed by atoms with E-state index in [1.54, 1.807) is 0 Å². The average Bonchev–Trinajstić information content (AvgIpc) is 2.66. The zero-order chi connectivity index (χ0) is 7.61. The first-order valence-corrected chi connectivity index (χ1v) is 4.06. The molecule has 1 aliphatic carbocycles. The Morgan fingerprint density at radius 3 is 2.40 bits per heavy atom. The first kappa shape index (κ1) is 8.02. The molecule has 0 bridgehead atoms. The van der Waals surface area contributed by atoms with Crippen LogP contribution in [0.15, 0.2) is 0 Å². The van der Waals surface area contributed by atoms with Gasteiger partial charge in [0.1, 0.15) is 0 Å². The fourth-order valence-corrected chi connectivity index (χ4v) is 0.775. The van der Waals surface area contributed by atoms with Crippen LogP contribution in [-0.2, 0) is 0 Å². The molecule has 0 unspecified atom stereocenters. The lowest BCUT2D eigenvalue weighted by Crippen LogP contribution is -2.46. The quantitative estimate of drug-likeness (QED) is 0.605. The van der Waals surface area contributed by atoms with E-state index in [1.807, 2.05) is 7.05 Å². The molecule has 0 atom stereocenters. The molecule has 2 N–H and O–H groups in total. The summed E-state index contributed by atoms with van der Waals surface area (Å²) < 4.78 is 0. The number of rotatable bonds is 4. The summed E-state index contributed by atoms with van der Waals surface area (Å²) in [5, 5.41) is 6.75. The number of hydrogen-bond donors (Lipinski definition) is 2. The lowest BCUT2D eigenvalue weighted by molar-refractivity contribution is 0.392. The Morgan fingerprint density at radius 2 is 2.00 bits per heavy atom. The van der Waals surface area contributed by atoms with Crippen molar-refractivity contribution in [2.24, 2.45) is 0 Å². The largest absolute Gasteiger partial charge is 0.314 e. The van der Waals surface area contributed by atoms with Gasteiger partial charge in [-0.15, -0.1) is 0 Å². The monoisotopic (exact) mass is 142 g/mol. The van der Waals surface area contributed by atoms with Crippen molar-refractivity contribution in [2.45, 2.75) is 38.3 Å². The van der Waals surface area contributed by atoms with E-state index in [-0.39, 0.29) is 5.54 Å². The standard InChI is InChI=1S/C8H18N2/c1-8(2,9-3)6-10-7-4-5-7/h7,9-10H,4-6H2,1-3H3. The summed E-state index contributed by atoms with van der Waals surface area (Å²) in [5.74, 6) is 0. The van der Waals surface area contributed by atoms with E-state index in [9.17, 15) is 0 Å². The van der Waals surface area contributed by atoms with Crippen LogP contribution < -0.4 is 10.6 Å². The van der Waals surface area contributed by atoms with Crippen molar-refractivity contribution in [2.75, 3.05) is 13.6 Å². The highest BCUT2D eigenvalue weighted by molar-refractivity contribution is 4.86. The number of likely N-dealkylation sites (N-methyl/N-ethyl adjacent to an activating group) is 1. The molecule has 0 saturated heterocycles. The Kier molecular flexibility index (Phi) is 2.32. The maximum Gasteiger partial charge on any atom is 0.0246 e. The molecule has 10 heavy (non-hydrogen) atoms. The van der Waals surface area contributed by atoms with Crippen molar-refractivity contribution in [1.82, 2.24) is 10.6 Å². The van der Waals surface area contributed by atoms with Gasteiger partial charge in [-0.3, -0.25) is 0 Å². The van der Waals surface area contributed by atoms with Crippen LogP contribution >= 0.6 is 0 Å². The van der Waals surface area contributed by atoms with Gasteiger partial charge in [-0.25, -0.2) is 0 Å². The predicted molar refractivity (Wildman–Crippen MR) is 44.2 cm³/mol. The van der Waals surface area contributed by atoms with Crippen LogP contribution in [-0.4, -0.2) is 25.2 Å². The smallest absolute Gasteiger partial charge is 0.0246 e. The minimum absolute atomic E-state index is 0.253. The Hall–Kier alpha value is -0.0800. The summed E-state index contributed by atoms with van der Waals surface area (Å²) >= 11 is 0. The van der Waals surface area contributed by atoms with Gasteiger partial charge in [0.25, 0.3) is 0 Å². The Labute approximate surface area is 63.4 Å². The van der Waals surface area contributed by atoms with Gasteiger partial charge >= 0.3 is 0 Å². The van der Waals surface area contributed by atoms with E-state index >= 15 is 0 Å². The molecule has 0 aromatic heterocycles. The molecule has 0 aromatic rings. The third-order valence-corrected chi connectivity index (χ3v) is 2.09. The van der Waals surface area contributed by atoms with Gasteiger partial charge in [-0.1, -0.05) is 0 Å². The minimum atomic E-state index is 0.253. The van der Waals surface area contributed by atoms with Crippen molar-refractivity contribution >= 4 is 0 Å². The van der Waals surface area contributed by atoms with E-state index in [4.69, 9.17) is 0 Å². The van der Waals surface area contributed by atoms with Gasteiger partial charge in [0.15, 0.2) is 0 Å². The van der Waals surface area contributed by atoms with Gasteiger partial charge in [0.05, 0.1) is 0 Å². The summed E-state index contributed by atoms with van der Waals surface area (Å²) in [6, 6.07) is 0.827. The molecule has 1 fully saturated rings. The molecule has 0 heterocycles. The predicted octanol–water partition coefficient (Wildman–Crippen LogP) is 0.736. The third-order valence-electron chi connectivity index (χ3n) is 2.09. The first-order valence-electron chi connectivity index (χ1n) is 4.06. The van der Waals surface area contributed by atoms with Crippen LogP contribution in [0.5, 0.6) is 0 Å². The Bertz CT molecular complexity index is 106. The summed E-state index contributed by atoms with van der Waals surface area (Å²) in [6.45, 7) is 5.50. The van der Waals surface area contributed by atoms with Gasteiger partial charge in [0.2, 0.25) is 0 Å². The maximum absolute atomic E-state index is 3.49. The van der Waals surface area contributed by atoms with E-state index in [0.29, 0.717) is 0 Å². The van der Waals surface area contributed by atoms with E-state index in [0.717, 1.165) is 12.6 Å². The van der Waals surface area contributed by atoms with Crippen molar-refractivity contribution < 1.29 is 0 Å². The molecule has 0 spiro atoms. The Morgan fingerprint density at radius 1 is 1.40 bits per heavy atom. The minimum Gasteiger partial charge on any atom is -0.314 e. The van der Waals surface area contributed by atoms with Crippen molar-refractivity contribution in [3.63, 3.8) is 0 Å². The fraction of sp³-hybridized carbons (Fsp3) is 1.00. The summed E-state index contributed by atoms with van der Waals surface area (Å²) in [4.78, 5) is 0. The number of hydrogen-bond acceptors (Lipinski definition) is 2. The molecular weight excluding hydrogens is 124 g/mol. The average molecular weight is 142 g/mol. The SMILES string of the molecule is CNC(C)(C)CNC1CC1. The molecule has 60 valence electrons. The molecule has 0 radical (unpaired) electrons. The van der Waals surface area contributed by atoms with Crippen LogP contribution in [0.2, 0.25) is 0 Å². The molecule has 1 saturated carbocycles. The van der Waals surface area contributed by atoms with Crippen molar-refractivity contribution in [1.29, 1.82) is 0 Å². The van der Waals surface area contributed by atoms with Crippen LogP contribution in [0.25, 0.3) is 0 Å². The first-order chi connectivity index (χ1) is 4.64. The lowest BCUT2D eigenvalue weighted by Gasteiger charge is -2.24. The van der Waals surface area contributed by atoms with E-state index in [1.165, 1.54) is 12.8 Å². The summed E-state index contributed by atoms with van der Waals surface area (Å²) in [7, 11) is 2.01. The second-order valence-corrected chi connectivity index (χ2v) is 3.79. The van der Waals surface area contributed by atoms with Gasteiger partial charge in [-0.2, -0.15) is 0 Å². The number of nitrogens with one attached hydrogen (secondary N) is 2. The normalized spacial score (nSPS) is 19.5. The molecule has 0 aromatic carbocycles.